The molecule has 2 bridgehead atoms. The quantitative estimate of drug-likeness (QED) is 0.536. The van der Waals surface area contributed by atoms with E-state index >= 15 is 0 Å². The summed E-state index contributed by atoms with van der Waals surface area (Å²) >= 11 is 0. The second-order valence-electron chi connectivity index (χ2n) is 10.6. The molecule has 8 heteroatoms. The average molecular weight is 463 g/mol. The Morgan fingerprint density at radius 1 is 1.33 bits per heavy atom. The molecule has 3 unspecified atom stereocenters. The standard InChI is InChI=1S/C25H38N2O6/c1-5-12-26(17-10-8-7-9-11-17)22(30)20-25-13-15(3)24(4,33-25)19(23(31)32)18(25)21(29)27(20)16(6-2)14-28/h5,15-20,28H,1,6-14H2,2-4H3,(H,31,32)/t15?,16-,18-,19-,20?,24+,25?/m0/s1. The predicted molar refractivity (Wildman–Crippen MR) is 121 cm³/mol. The lowest BCUT2D eigenvalue weighted by Crippen LogP contribution is -2.60. The zero-order chi connectivity index (χ0) is 24.1. The summed E-state index contributed by atoms with van der Waals surface area (Å²) in [5, 5.41) is 20.2. The van der Waals surface area contributed by atoms with Crippen LogP contribution in [0.5, 0.6) is 0 Å². The van der Waals surface area contributed by atoms with Gasteiger partial charge in [-0.15, -0.1) is 6.58 Å². The highest BCUT2D eigenvalue weighted by Gasteiger charge is 2.80. The van der Waals surface area contributed by atoms with E-state index in [9.17, 15) is 24.6 Å². The molecule has 3 heterocycles. The van der Waals surface area contributed by atoms with Crippen molar-refractivity contribution in [2.45, 2.75) is 95.0 Å². The average Bonchev–Trinajstić information content (AvgIpc) is 3.30. The lowest BCUT2D eigenvalue weighted by Gasteiger charge is -2.42. The summed E-state index contributed by atoms with van der Waals surface area (Å²) in [7, 11) is 0. The number of rotatable bonds is 8. The molecule has 4 aliphatic rings. The van der Waals surface area contributed by atoms with Crippen LogP contribution >= 0.6 is 0 Å². The fourth-order valence-corrected chi connectivity index (χ4v) is 7.25. The van der Waals surface area contributed by atoms with Gasteiger partial charge in [0.2, 0.25) is 11.8 Å². The molecule has 33 heavy (non-hydrogen) atoms. The van der Waals surface area contributed by atoms with Gasteiger partial charge < -0.3 is 24.7 Å². The first-order valence-electron chi connectivity index (χ1n) is 12.4. The van der Waals surface area contributed by atoms with Gasteiger partial charge in [-0.1, -0.05) is 39.2 Å². The van der Waals surface area contributed by atoms with Crippen molar-refractivity contribution in [3.05, 3.63) is 12.7 Å². The van der Waals surface area contributed by atoms with Gasteiger partial charge in [-0.3, -0.25) is 14.4 Å². The Hall–Kier alpha value is -1.93. The summed E-state index contributed by atoms with van der Waals surface area (Å²) in [6, 6.07) is -1.45. The third kappa shape index (κ3) is 3.35. The van der Waals surface area contributed by atoms with Gasteiger partial charge in [-0.05, 0) is 38.5 Å². The number of carboxylic acid groups (broad SMARTS) is 1. The molecule has 4 rings (SSSR count). The van der Waals surface area contributed by atoms with Gasteiger partial charge in [0.25, 0.3) is 0 Å². The highest BCUT2D eigenvalue weighted by Crippen LogP contribution is 2.65. The van der Waals surface area contributed by atoms with E-state index in [4.69, 9.17) is 4.74 Å². The Kier molecular flexibility index (Phi) is 6.37. The number of aliphatic hydroxyl groups is 1. The number of likely N-dealkylation sites (tertiary alicyclic amines) is 1. The first kappa shape index (κ1) is 24.2. The second kappa shape index (κ2) is 8.69. The van der Waals surface area contributed by atoms with Crippen LogP contribution in [0.1, 0.15) is 65.7 Å². The van der Waals surface area contributed by atoms with Crippen molar-refractivity contribution in [2.75, 3.05) is 13.2 Å². The van der Waals surface area contributed by atoms with Crippen LogP contribution in [0.15, 0.2) is 12.7 Å². The van der Waals surface area contributed by atoms with E-state index in [0.29, 0.717) is 19.4 Å². The third-order valence-electron chi connectivity index (χ3n) is 8.95. The monoisotopic (exact) mass is 462 g/mol. The van der Waals surface area contributed by atoms with Crippen molar-refractivity contribution in [3.8, 4) is 0 Å². The fourth-order valence-electron chi connectivity index (χ4n) is 7.25. The van der Waals surface area contributed by atoms with Crippen LogP contribution < -0.4 is 0 Å². The molecule has 3 aliphatic heterocycles. The number of nitrogens with zero attached hydrogens (tertiary/aromatic N) is 2. The van der Waals surface area contributed by atoms with Crippen LogP contribution in [0.25, 0.3) is 0 Å². The number of fused-ring (bicyclic) bond motifs is 1. The summed E-state index contributed by atoms with van der Waals surface area (Å²) in [6.07, 6.45) is 7.68. The van der Waals surface area contributed by atoms with Crippen molar-refractivity contribution in [3.63, 3.8) is 0 Å². The number of amides is 2. The summed E-state index contributed by atoms with van der Waals surface area (Å²) in [5.74, 6) is -3.71. The molecule has 184 valence electrons. The first-order valence-corrected chi connectivity index (χ1v) is 12.4. The van der Waals surface area contributed by atoms with Gasteiger partial charge in [0.15, 0.2) is 0 Å². The van der Waals surface area contributed by atoms with Crippen molar-refractivity contribution < 1.29 is 29.3 Å². The molecule has 1 spiro atoms. The van der Waals surface area contributed by atoms with E-state index < -0.39 is 41.1 Å². The molecule has 0 radical (unpaired) electrons. The summed E-state index contributed by atoms with van der Waals surface area (Å²) in [5.41, 5.74) is -2.20. The van der Waals surface area contributed by atoms with Gasteiger partial charge in [-0.2, -0.15) is 0 Å². The number of carboxylic acids is 1. The molecular formula is C25H38N2O6. The largest absolute Gasteiger partial charge is 0.481 e. The molecule has 0 aromatic heterocycles. The molecule has 0 aromatic rings. The summed E-state index contributed by atoms with van der Waals surface area (Å²) < 4.78 is 6.55. The smallest absolute Gasteiger partial charge is 0.310 e. The van der Waals surface area contributed by atoms with Gasteiger partial charge in [-0.25, -0.2) is 0 Å². The van der Waals surface area contributed by atoms with Gasteiger partial charge >= 0.3 is 5.97 Å². The minimum Gasteiger partial charge on any atom is -0.481 e. The van der Waals surface area contributed by atoms with Crippen molar-refractivity contribution in [2.24, 2.45) is 17.8 Å². The lowest BCUT2D eigenvalue weighted by atomic mass is 9.62. The van der Waals surface area contributed by atoms with Crippen molar-refractivity contribution in [1.29, 1.82) is 0 Å². The van der Waals surface area contributed by atoms with E-state index in [1.54, 1.807) is 13.0 Å². The van der Waals surface area contributed by atoms with Crippen LogP contribution in [-0.2, 0) is 19.1 Å². The minimum atomic E-state index is -1.19. The van der Waals surface area contributed by atoms with E-state index in [2.05, 4.69) is 6.58 Å². The number of aliphatic carboxylic acids is 1. The minimum absolute atomic E-state index is 0.0627. The number of carbonyl (C=O) groups is 3. The third-order valence-corrected chi connectivity index (χ3v) is 8.95. The maximum Gasteiger partial charge on any atom is 0.310 e. The molecule has 1 saturated carbocycles. The van der Waals surface area contributed by atoms with Crippen LogP contribution in [0.2, 0.25) is 0 Å². The number of hydrogen-bond acceptors (Lipinski definition) is 5. The van der Waals surface area contributed by atoms with Gasteiger partial charge in [0.1, 0.15) is 17.6 Å². The van der Waals surface area contributed by atoms with Crippen molar-refractivity contribution in [1.82, 2.24) is 9.80 Å². The van der Waals surface area contributed by atoms with Crippen molar-refractivity contribution >= 4 is 17.8 Å². The Balaban J connectivity index is 1.82. The van der Waals surface area contributed by atoms with Gasteiger partial charge in [0, 0.05) is 12.6 Å². The highest BCUT2D eigenvalue weighted by atomic mass is 16.5. The zero-order valence-electron chi connectivity index (χ0n) is 20.0. The number of hydrogen-bond donors (Lipinski definition) is 2. The van der Waals surface area contributed by atoms with Crippen LogP contribution in [-0.4, -0.2) is 80.3 Å². The Morgan fingerprint density at radius 3 is 2.55 bits per heavy atom. The van der Waals surface area contributed by atoms with E-state index in [0.717, 1.165) is 32.1 Å². The highest BCUT2D eigenvalue weighted by molar-refractivity contribution is 5.98. The number of aliphatic hydroxyl groups excluding tert-OH is 1. The first-order chi connectivity index (χ1) is 15.7. The molecule has 8 nitrogen and oxygen atoms in total. The molecule has 0 aromatic carbocycles. The van der Waals surface area contributed by atoms with Crippen LogP contribution in [0.3, 0.4) is 0 Å². The molecule has 4 fully saturated rings. The molecular weight excluding hydrogens is 424 g/mol. The fraction of sp³-hybridized carbons (Fsp3) is 0.800. The maximum atomic E-state index is 14.3. The zero-order valence-corrected chi connectivity index (χ0v) is 20.0. The molecule has 1 aliphatic carbocycles. The normalized spacial score (nSPS) is 38.9. The van der Waals surface area contributed by atoms with E-state index in [1.165, 1.54) is 4.90 Å². The molecule has 2 N–H and O–H groups in total. The predicted octanol–water partition coefficient (Wildman–Crippen LogP) is 2.20. The summed E-state index contributed by atoms with van der Waals surface area (Å²) in [6.45, 7) is 9.52. The second-order valence-corrected chi connectivity index (χ2v) is 10.6. The Bertz CT molecular complexity index is 822. The van der Waals surface area contributed by atoms with E-state index in [-0.39, 0.29) is 30.4 Å². The number of ether oxygens (including phenoxy) is 1. The molecule has 7 atom stereocenters. The summed E-state index contributed by atoms with van der Waals surface area (Å²) in [4.78, 5) is 43.9. The van der Waals surface area contributed by atoms with Crippen LogP contribution in [0.4, 0.5) is 0 Å². The van der Waals surface area contributed by atoms with Gasteiger partial charge in [0.05, 0.1) is 24.2 Å². The Morgan fingerprint density at radius 2 is 2.00 bits per heavy atom. The molecule has 2 amide bonds. The topological polar surface area (TPSA) is 107 Å². The van der Waals surface area contributed by atoms with E-state index in [1.807, 2.05) is 18.7 Å². The Labute approximate surface area is 195 Å². The maximum absolute atomic E-state index is 14.3. The molecule has 3 saturated heterocycles. The number of carbonyl (C=O) groups excluding carboxylic acids is 2. The lowest BCUT2D eigenvalue weighted by molar-refractivity contribution is -0.161. The van der Waals surface area contributed by atoms with Crippen LogP contribution in [0, 0.1) is 17.8 Å². The SMILES string of the molecule is C=CCN(C(=O)C1N([C@@H](CC)CO)C(=O)[C@@H]2[C@@H](C(=O)O)[C@]3(C)OC12CC3C)C1CCCCC1.